The number of benzene rings is 1. The number of carbonyl (C=O) groups is 1. The summed E-state index contributed by atoms with van der Waals surface area (Å²) >= 11 is 0. The molecule has 0 bridgehead atoms. The quantitative estimate of drug-likeness (QED) is 0.697. The molecule has 4 N–H and O–H groups in total. The SMILES string of the molecule is Cc1cc(N)ncc1-c1cc(O)c(F)c(F)c1.O=CO. The van der Waals surface area contributed by atoms with E-state index in [2.05, 4.69) is 4.98 Å². The second kappa shape index (κ2) is 6.46. The predicted octanol–water partition coefficient (Wildman–Crippen LogP) is 2.32. The van der Waals surface area contributed by atoms with Crippen molar-refractivity contribution in [3.8, 4) is 16.9 Å². The molecule has 2 rings (SSSR count). The van der Waals surface area contributed by atoms with Crippen LogP contribution in [0, 0.1) is 18.6 Å². The van der Waals surface area contributed by atoms with Crippen LogP contribution in [0.5, 0.6) is 5.75 Å². The van der Waals surface area contributed by atoms with E-state index in [9.17, 15) is 13.9 Å². The van der Waals surface area contributed by atoms with Gasteiger partial charge in [0, 0.05) is 11.8 Å². The third kappa shape index (κ3) is 3.41. The maximum absolute atomic E-state index is 13.2. The highest BCUT2D eigenvalue weighted by molar-refractivity contribution is 5.69. The number of nitrogens with zero attached hydrogens (tertiary/aromatic N) is 1. The van der Waals surface area contributed by atoms with Crippen molar-refractivity contribution in [3.63, 3.8) is 0 Å². The molecular formula is C13H12F2N2O3. The highest BCUT2D eigenvalue weighted by Crippen LogP contribution is 2.29. The monoisotopic (exact) mass is 282 g/mol. The summed E-state index contributed by atoms with van der Waals surface area (Å²) in [5.74, 6) is -2.74. The minimum absolute atomic E-state index is 0.250. The van der Waals surface area contributed by atoms with E-state index in [0.29, 0.717) is 16.9 Å². The van der Waals surface area contributed by atoms with Gasteiger partial charge in [-0.3, -0.25) is 4.79 Å². The molecule has 7 heteroatoms. The Morgan fingerprint density at radius 2 is 1.90 bits per heavy atom. The molecule has 0 aliphatic heterocycles. The Hall–Kier alpha value is -2.70. The van der Waals surface area contributed by atoms with Crippen LogP contribution in [-0.2, 0) is 4.79 Å². The number of aromatic hydroxyl groups is 1. The summed E-state index contributed by atoms with van der Waals surface area (Å²) in [6.45, 7) is 1.52. The number of phenolic OH excluding ortho intramolecular Hbond substituents is 1. The first kappa shape index (κ1) is 15.4. The molecule has 1 heterocycles. The third-order valence-corrected chi connectivity index (χ3v) is 2.45. The molecule has 0 spiro atoms. The third-order valence-electron chi connectivity index (χ3n) is 2.45. The number of nitrogen functional groups attached to an aromatic ring is 1. The molecular weight excluding hydrogens is 270 g/mol. The Morgan fingerprint density at radius 1 is 1.30 bits per heavy atom. The molecule has 0 atom stereocenters. The second-order valence-corrected chi connectivity index (χ2v) is 3.82. The maximum Gasteiger partial charge on any atom is 0.290 e. The van der Waals surface area contributed by atoms with Crippen molar-refractivity contribution in [1.82, 2.24) is 4.98 Å². The normalized spacial score (nSPS) is 9.55. The summed E-state index contributed by atoms with van der Waals surface area (Å²) in [6, 6.07) is 3.78. The van der Waals surface area contributed by atoms with Gasteiger partial charge in [0.1, 0.15) is 5.82 Å². The Kier molecular flexibility index (Phi) is 4.96. The van der Waals surface area contributed by atoms with E-state index in [0.717, 1.165) is 17.7 Å². The average molecular weight is 282 g/mol. The fourth-order valence-corrected chi connectivity index (χ4v) is 1.61. The van der Waals surface area contributed by atoms with Gasteiger partial charge in [-0.2, -0.15) is 4.39 Å². The van der Waals surface area contributed by atoms with Gasteiger partial charge in [0.05, 0.1) is 0 Å². The van der Waals surface area contributed by atoms with Crippen molar-refractivity contribution in [3.05, 3.63) is 41.6 Å². The van der Waals surface area contributed by atoms with E-state index in [1.54, 1.807) is 13.0 Å². The van der Waals surface area contributed by atoms with Crippen molar-refractivity contribution in [1.29, 1.82) is 0 Å². The Labute approximate surface area is 113 Å². The lowest BCUT2D eigenvalue weighted by Gasteiger charge is -2.07. The molecule has 1 aromatic carbocycles. The Balaban J connectivity index is 0.000000612. The van der Waals surface area contributed by atoms with Gasteiger partial charge < -0.3 is 15.9 Å². The number of rotatable bonds is 1. The number of hydrogen-bond donors (Lipinski definition) is 3. The van der Waals surface area contributed by atoms with Crippen molar-refractivity contribution in [2.75, 3.05) is 5.73 Å². The highest BCUT2D eigenvalue weighted by atomic mass is 19.2. The van der Waals surface area contributed by atoms with Gasteiger partial charge in [-0.15, -0.1) is 0 Å². The fourth-order valence-electron chi connectivity index (χ4n) is 1.61. The summed E-state index contributed by atoms with van der Waals surface area (Å²) in [7, 11) is 0. The van der Waals surface area contributed by atoms with E-state index in [1.807, 2.05) is 0 Å². The first-order valence-electron chi connectivity index (χ1n) is 5.39. The van der Waals surface area contributed by atoms with Gasteiger partial charge >= 0.3 is 0 Å². The molecule has 2 aromatic rings. The standard InChI is InChI=1S/C12H10F2N2O.CH2O2/c1-6-2-11(15)16-5-8(6)7-3-9(13)12(14)10(17)4-7;2-1-3/h2-5,17H,1H3,(H2,15,16);1H,(H,2,3). The predicted molar refractivity (Wildman–Crippen MR) is 69.1 cm³/mol. The lowest BCUT2D eigenvalue weighted by atomic mass is 10.0. The zero-order valence-corrected chi connectivity index (χ0v) is 10.5. The number of nitrogens with two attached hydrogens (primary N) is 1. The van der Waals surface area contributed by atoms with Crippen LogP contribution >= 0.6 is 0 Å². The number of pyridine rings is 1. The molecule has 20 heavy (non-hydrogen) atoms. The smallest absolute Gasteiger partial charge is 0.290 e. The topological polar surface area (TPSA) is 96.4 Å². The van der Waals surface area contributed by atoms with E-state index in [4.69, 9.17) is 15.6 Å². The van der Waals surface area contributed by atoms with Gasteiger partial charge in [0.15, 0.2) is 17.4 Å². The Bertz CT molecular complexity index is 610. The van der Waals surface area contributed by atoms with E-state index in [-0.39, 0.29) is 6.47 Å². The van der Waals surface area contributed by atoms with E-state index >= 15 is 0 Å². The minimum atomic E-state index is -1.25. The highest BCUT2D eigenvalue weighted by Gasteiger charge is 2.12. The number of carboxylic acid groups (broad SMARTS) is 1. The fraction of sp³-hybridized carbons (Fsp3) is 0.0769. The molecule has 0 saturated carbocycles. The summed E-state index contributed by atoms with van der Waals surface area (Å²) in [4.78, 5) is 12.2. The molecule has 0 unspecified atom stereocenters. The van der Waals surface area contributed by atoms with Crippen LogP contribution in [0.1, 0.15) is 5.56 Å². The molecule has 1 aromatic heterocycles. The van der Waals surface area contributed by atoms with Crippen LogP contribution in [-0.4, -0.2) is 21.7 Å². The maximum atomic E-state index is 13.2. The van der Waals surface area contributed by atoms with Crippen LogP contribution in [0.4, 0.5) is 14.6 Å². The molecule has 5 nitrogen and oxygen atoms in total. The van der Waals surface area contributed by atoms with E-state index in [1.165, 1.54) is 6.20 Å². The van der Waals surface area contributed by atoms with Gasteiger partial charge in [0.25, 0.3) is 6.47 Å². The summed E-state index contributed by atoms with van der Waals surface area (Å²) in [5.41, 5.74) is 7.21. The van der Waals surface area contributed by atoms with Crippen LogP contribution in [0.15, 0.2) is 24.4 Å². The zero-order valence-electron chi connectivity index (χ0n) is 10.5. The largest absolute Gasteiger partial charge is 0.505 e. The first-order chi connectivity index (χ1) is 9.40. The van der Waals surface area contributed by atoms with Gasteiger partial charge in [0.2, 0.25) is 0 Å². The lowest BCUT2D eigenvalue weighted by Crippen LogP contribution is -1.94. The number of aryl methyl sites for hydroxylation is 1. The number of halogens is 2. The van der Waals surface area contributed by atoms with Gasteiger partial charge in [-0.1, -0.05) is 0 Å². The number of aromatic nitrogens is 1. The second-order valence-electron chi connectivity index (χ2n) is 3.82. The zero-order chi connectivity index (χ0) is 15.3. The molecule has 0 fully saturated rings. The van der Waals surface area contributed by atoms with Crippen molar-refractivity contribution in [2.45, 2.75) is 6.92 Å². The van der Waals surface area contributed by atoms with Crippen LogP contribution in [0.25, 0.3) is 11.1 Å². The molecule has 106 valence electrons. The number of hydrogen-bond acceptors (Lipinski definition) is 4. The summed E-state index contributed by atoms with van der Waals surface area (Å²) < 4.78 is 26.1. The molecule has 0 saturated heterocycles. The van der Waals surface area contributed by atoms with Crippen LogP contribution in [0.2, 0.25) is 0 Å². The summed E-state index contributed by atoms with van der Waals surface area (Å²) in [6.07, 6.45) is 1.46. The van der Waals surface area contributed by atoms with Crippen LogP contribution in [0.3, 0.4) is 0 Å². The van der Waals surface area contributed by atoms with Crippen molar-refractivity contribution >= 4 is 12.3 Å². The average Bonchev–Trinajstić information content (AvgIpc) is 2.36. The summed E-state index contributed by atoms with van der Waals surface area (Å²) in [5, 5.41) is 16.1. The number of phenols is 1. The number of anilines is 1. The van der Waals surface area contributed by atoms with Crippen LogP contribution < -0.4 is 5.73 Å². The molecule has 0 amide bonds. The molecule has 0 radical (unpaired) electrons. The first-order valence-corrected chi connectivity index (χ1v) is 5.39. The Morgan fingerprint density at radius 3 is 2.40 bits per heavy atom. The van der Waals surface area contributed by atoms with Crippen molar-refractivity contribution in [2.24, 2.45) is 0 Å². The van der Waals surface area contributed by atoms with Crippen molar-refractivity contribution < 1.29 is 23.8 Å². The minimum Gasteiger partial charge on any atom is -0.505 e. The van der Waals surface area contributed by atoms with Gasteiger partial charge in [-0.05, 0) is 36.2 Å². The molecule has 0 aliphatic carbocycles. The van der Waals surface area contributed by atoms with Gasteiger partial charge in [-0.25, -0.2) is 9.37 Å². The van der Waals surface area contributed by atoms with E-state index < -0.39 is 17.4 Å². The lowest BCUT2D eigenvalue weighted by molar-refractivity contribution is -0.122. The molecule has 0 aliphatic rings.